The molecule has 0 aromatic heterocycles. The Hall–Kier alpha value is -1.81. The van der Waals surface area contributed by atoms with Crippen molar-refractivity contribution in [1.29, 1.82) is 0 Å². The molecule has 1 aliphatic rings. The third-order valence-electron chi connectivity index (χ3n) is 3.60. The van der Waals surface area contributed by atoms with E-state index >= 15 is 0 Å². The third-order valence-corrected chi connectivity index (χ3v) is 4.29. The van der Waals surface area contributed by atoms with Gasteiger partial charge < -0.3 is 10.6 Å². The Morgan fingerprint density at radius 1 is 1.25 bits per heavy atom. The van der Waals surface area contributed by atoms with E-state index < -0.39 is 0 Å². The van der Waals surface area contributed by atoms with Crippen LogP contribution in [0.3, 0.4) is 0 Å². The smallest absolute Gasteiger partial charge is 0.259 e. The summed E-state index contributed by atoms with van der Waals surface area (Å²) in [4.78, 5) is 14.6. The van der Waals surface area contributed by atoms with Gasteiger partial charge in [0.25, 0.3) is 5.91 Å². The Labute approximate surface area is 126 Å². The molecule has 0 atom stereocenters. The lowest BCUT2D eigenvalue weighted by atomic mass is 10.1. The van der Waals surface area contributed by atoms with E-state index in [-0.39, 0.29) is 5.91 Å². The predicted molar refractivity (Wildman–Crippen MR) is 85.1 cm³/mol. The predicted octanol–water partition coefficient (Wildman–Crippen LogP) is 3.54. The molecule has 0 unspecified atom stereocenters. The van der Waals surface area contributed by atoms with Crippen LogP contribution in [0.5, 0.6) is 0 Å². The van der Waals surface area contributed by atoms with Gasteiger partial charge in [-0.3, -0.25) is 4.79 Å². The fraction of sp³-hybridized carbons (Fsp3) is 0.188. The number of nitrogens with two attached hydrogens (primary N) is 1. The van der Waals surface area contributed by atoms with Crippen molar-refractivity contribution < 1.29 is 4.79 Å². The molecule has 2 aromatic rings. The van der Waals surface area contributed by atoms with Crippen molar-refractivity contribution in [3.8, 4) is 0 Å². The molecule has 0 saturated heterocycles. The number of anilines is 2. The van der Waals surface area contributed by atoms with E-state index in [0.717, 1.165) is 33.4 Å². The minimum atomic E-state index is 0.0316. The molecule has 0 radical (unpaired) electrons. The van der Waals surface area contributed by atoms with Crippen LogP contribution in [-0.2, 0) is 6.42 Å². The maximum atomic E-state index is 12.7. The van der Waals surface area contributed by atoms with E-state index in [0.29, 0.717) is 12.1 Å². The van der Waals surface area contributed by atoms with Crippen LogP contribution < -0.4 is 10.6 Å². The molecule has 1 amide bonds. The lowest BCUT2D eigenvalue weighted by Gasteiger charge is -2.18. The molecule has 2 N–H and O–H groups in total. The fourth-order valence-electron chi connectivity index (χ4n) is 2.58. The first kappa shape index (κ1) is 13.2. The van der Waals surface area contributed by atoms with Crippen LogP contribution in [0.2, 0.25) is 0 Å². The number of nitrogens with zero attached hydrogens (tertiary/aromatic N) is 1. The van der Waals surface area contributed by atoms with E-state index in [9.17, 15) is 4.79 Å². The fourth-order valence-corrected chi connectivity index (χ4v) is 3.00. The summed E-state index contributed by atoms with van der Waals surface area (Å²) in [6, 6.07) is 11.5. The first-order chi connectivity index (χ1) is 9.56. The molecular formula is C16H15BrN2O. The number of carbonyl (C=O) groups excluding carboxylic acids is 1. The number of halogens is 1. The zero-order chi connectivity index (χ0) is 14.3. The summed E-state index contributed by atoms with van der Waals surface area (Å²) in [7, 11) is 0. The summed E-state index contributed by atoms with van der Waals surface area (Å²) in [6.45, 7) is 2.69. The summed E-state index contributed by atoms with van der Waals surface area (Å²) in [5.41, 5.74) is 10.4. The standard InChI is InChI=1S/C16H15BrN2O/c1-10-2-4-14(17)13(8-10)16(20)19-7-6-11-9-12(18)3-5-15(11)19/h2-5,8-9H,6-7,18H2,1H3. The Bertz CT molecular complexity index is 697. The van der Waals surface area contributed by atoms with Gasteiger partial charge in [-0.2, -0.15) is 0 Å². The molecule has 3 nitrogen and oxygen atoms in total. The van der Waals surface area contributed by atoms with Gasteiger partial charge in [0.1, 0.15) is 0 Å². The lowest BCUT2D eigenvalue weighted by Crippen LogP contribution is -2.29. The zero-order valence-corrected chi connectivity index (χ0v) is 12.8. The molecular weight excluding hydrogens is 316 g/mol. The molecule has 0 saturated carbocycles. The molecule has 2 aromatic carbocycles. The second-order valence-electron chi connectivity index (χ2n) is 5.08. The van der Waals surface area contributed by atoms with Gasteiger partial charge in [0.05, 0.1) is 5.56 Å². The second-order valence-corrected chi connectivity index (χ2v) is 5.93. The Kier molecular flexibility index (Phi) is 3.26. The summed E-state index contributed by atoms with van der Waals surface area (Å²) in [5, 5.41) is 0. The summed E-state index contributed by atoms with van der Waals surface area (Å²) in [5.74, 6) is 0.0316. The van der Waals surface area contributed by atoms with Gasteiger partial charge in [-0.1, -0.05) is 11.6 Å². The number of carbonyl (C=O) groups is 1. The van der Waals surface area contributed by atoms with Gasteiger partial charge in [-0.25, -0.2) is 0 Å². The first-order valence-electron chi connectivity index (χ1n) is 6.52. The Morgan fingerprint density at radius 2 is 2.05 bits per heavy atom. The third kappa shape index (κ3) is 2.20. The molecule has 4 heteroatoms. The van der Waals surface area contributed by atoms with E-state index in [2.05, 4.69) is 15.9 Å². The number of nitrogen functional groups attached to an aromatic ring is 1. The molecule has 102 valence electrons. The molecule has 1 heterocycles. The number of hydrogen-bond donors (Lipinski definition) is 1. The Balaban J connectivity index is 2.00. The summed E-state index contributed by atoms with van der Waals surface area (Å²) < 4.78 is 0.831. The van der Waals surface area contributed by atoms with Gasteiger partial charge >= 0.3 is 0 Å². The van der Waals surface area contributed by atoms with Crippen LogP contribution in [0.15, 0.2) is 40.9 Å². The molecule has 0 spiro atoms. The molecule has 3 rings (SSSR count). The monoisotopic (exact) mass is 330 g/mol. The van der Waals surface area contributed by atoms with Crippen LogP contribution in [0.4, 0.5) is 11.4 Å². The van der Waals surface area contributed by atoms with Crippen molar-refractivity contribution in [2.45, 2.75) is 13.3 Å². The van der Waals surface area contributed by atoms with Crippen molar-refractivity contribution in [3.63, 3.8) is 0 Å². The van der Waals surface area contributed by atoms with Gasteiger partial charge in [-0.15, -0.1) is 0 Å². The average molecular weight is 331 g/mol. The van der Waals surface area contributed by atoms with E-state index in [4.69, 9.17) is 5.73 Å². The molecule has 0 fully saturated rings. The molecule has 0 bridgehead atoms. The quantitative estimate of drug-likeness (QED) is 0.813. The number of rotatable bonds is 1. The highest BCUT2D eigenvalue weighted by Crippen LogP contribution is 2.32. The number of fused-ring (bicyclic) bond motifs is 1. The highest BCUT2D eigenvalue weighted by atomic mass is 79.9. The number of hydrogen-bond acceptors (Lipinski definition) is 2. The molecule has 0 aliphatic carbocycles. The summed E-state index contributed by atoms with van der Waals surface area (Å²) in [6.07, 6.45) is 0.857. The minimum Gasteiger partial charge on any atom is -0.399 e. The minimum absolute atomic E-state index is 0.0316. The second kappa shape index (κ2) is 4.94. The van der Waals surface area contributed by atoms with Crippen molar-refractivity contribution in [2.24, 2.45) is 0 Å². The first-order valence-corrected chi connectivity index (χ1v) is 7.32. The van der Waals surface area contributed by atoms with E-state index in [1.54, 1.807) is 0 Å². The number of aryl methyl sites for hydroxylation is 1. The van der Waals surface area contributed by atoms with Gasteiger partial charge in [0.15, 0.2) is 0 Å². The maximum Gasteiger partial charge on any atom is 0.259 e. The maximum absolute atomic E-state index is 12.7. The normalized spacial score (nSPS) is 13.4. The van der Waals surface area contributed by atoms with Crippen molar-refractivity contribution in [3.05, 3.63) is 57.6 Å². The van der Waals surface area contributed by atoms with Crippen LogP contribution in [0, 0.1) is 6.92 Å². The van der Waals surface area contributed by atoms with Gasteiger partial charge in [-0.05, 0) is 65.2 Å². The van der Waals surface area contributed by atoms with Crippen molar-refractivity contribution in [2.75, 3.05) is 17.2 Å². The molecule has 1 aliphatic heterocycles. The van der Waals surface area contributed by atoms with Crippen molar-refractivity contribution >= 4 is 33.2 Å². The largest absolute Gasteiger partial charge is 0.399 e. The van der Waals surface area contributed by atoms with Crippen molar-refractivity contribution in [1.82, 2.24) is 0 Å². The SMILES string of the molecule is Cc1ccc(Br)c(C(=O)N2CCc3cc(N)ccc32)c1. The average Bonchev–Trinajstić information content (AvgIpc) is 2.83. The van der Waals surface area contributed by atoms with E-state index in [1.807, 2.05) is 48.2 Å². The zero-order valence-electron chi connectivity index (χ0n) is 11.2. The number of benzene rings is 2. The number of amides is 1. The van der Waals surface area contributed by atoms with Crippen LogP contribution >= 0.6 is 15.9 Å². The molecule has 20 heavy (non-hydrogen) atoms. The van der Waals surface area contributed by atoms with Crippen LogP contribution in [0.1, 0.15) is 21.5 Å². The van der Waals surface area contributed by atoms with Gasteiger partial charge in [0.2, 0.25) is 0 Å². The summed E-state index contributed by atoms with van der Waals surface area (Å²) >= 11 is 3.46. The highest BCUT2D eigenvalue weighted by Gasteiger charge is 2.26. The van der Waals surface area contributed by atoms with Crippen LogP contribution in [-0.4, -0.2) is 12.5 Å². The topological polar surface area (TPSA) is 46.3 Å². The van der Waals surface area contributed by atoms with Gasteiger partial charge in [0, 0.05) is 22.4 Å². The lowest BCUT2D eigenvalue weighted by molar-refractivity contribution is 0.0988. The highest BCUT2D eigenvalue weighted by molar-refractivity contribution is 9.10. The van der Waals surface area contributed by atoms with Crippen LogP contribution in [0.25, 0.3) is 0 Å². The van der Waals surface area contributed by atoms with E-state index in [1.165, 1.54) is 0 Å². The Morgan fingerprint density at radius 3 is 2.85 bits per heavy atom.